The van der Waals surface area contributed by atoms with Crippen molar-refractivity contribution in [3.63, 3.8) is 0 Å². The number of amides is 1. The van der Waals surface area contributed by atoms with Crippen LogP contribution >= 0.6 is 0 Å². The summed E-state index contributed by atoms with van der Waals surface area (Å²) in [5, 5.41) is 16.7. The van der Waals surface area contributed by atoms with Crippen molar-refractivity contribution < 1.29 is 59.4 Å². The van der Waals surface area contributed by atoms with E-state index in [1.54, 1.807) is 18.6 Å². The standard InChI is InChI=1S/C20H24N4O3S.2C2HF3O2/c25-20(23-11-15-4-3-7-21-10-15)17-6-9-28(26,27)19-14-24(13-18(17)19)12-16-5-1-2-8-22-16;2*3-2(4,5)1(6)7/h1-5,7-8,10,17-19H,6,9,11-14H2,(H,23,25);2*(H,6,7)/t17-,18-,19-;;/m1../s1. The number of likely N-dealkylation sites (tertiary alicyclic amines) is 1. The van der Waals surface area contributed by atoms with Crippen LogP contribution < -0.4 is 5.32 Å². The molecule has 2 aromatic heterocycles. The number of carboxylic acids is 2. The van der Waals surface area contributed by atoms with Crippen LogP contribution in [0.2, 0.25) is 0 Å². The number of carbonyl (C=O) groups is 3. The van der Waals surface area contributed by atoms with E-state index in [2.05, 4.69) is 20.2 Å². The first-order valence-electron chi connectivity index (χ1n) is 12.0. The predicted molar refractivity (Wildman–Crippen MR) is 132 cm³/mol. The number of fused-ring (bicyclic) bond motifs is 1. The van der Waals surface area contributed by atoms with Crippen molar-refractivity contribution in [3.05, 3.63) is 60.2 Å². The van der Waals surface area contributed by atoms with Crippen LogP contribution in [0.5, 0.6) is 0 Å². The maximum absolute atomic E-state index is 12.8. The first-order chi connectivity index (χ1) is 19.4. The van der Waals surface area contributed by atoms with Gasteiger partial charge in [-0.25, -0.2) is 18.0 Å². The molecule has 0 aliphatic carbocycles. The first kappa shape index (κ1) is 34.4. The third kappa shape index (κ3) is 10.6. The number of rotatable bonds is 5. The second kappa shape index (κ2) is 14.4. The van der Waals surface area contributed by atoms with Crippen LogP contribution in [-0.4, -0.2) is 87.8 Å². The van der Waals surface area contributed by atoms with Gasteiger partial charge in [-0.3, -0.25) is 19.7 Å². The Hall–Kier alpha value is -3.80. The number of alkyl halides is 6. The van der Waals surface area contributed by atoms with Gasteiger partial charge in [0.25, 0.3) is 0 Å². The minimum Gasteiger partial charge on any atom is -0.475 e. The number of nitrogens with one attached hydrogen (secondary N) is 1. The van der Waals surface area contributed by atoms with E-state index in [1.165, 1.54) is 0 Å². The average molecular weight is 629 g/mol. The Balaban J connectivity index is 0.000000367. The molecule has 2 saturated heterocycles. The Morgan fingerprint density at radius 1 is 0.952 bits per heavy atom. The lowest BCUT2D eigenvalue weighted by molar-refractivity contribution is -0.193. The zero-order valence-electron chi connectivity index (χ0n) is 21.5. The third-order valence-electron chi connectivity index (χ3n) is 6.20. The molecule has 3 N–H and O–H groups in total. The second-order valence-corrected chi connectivity index (χ2v) is 11.5. The molecular formula is C24H26F6N4O7S. The van der Waals surface area contributed by atoms with Gasteiger partial charge in [0, 0.05) is 56.6 Å². The lowest BCUT2D eigenvalue weighted by Gasteiger charge is -2.31. The molecule has 232 valence electrons. The lowest BCUT2D eigenvalue weighted by Crippen LogP contribution is -2.47. The molecule has 0 bridgehead atoms. The number of carboxylic acid groups (broad SMARTS) is 2. The number of halogens is 6. The van der Waals surface area contributed by atoms with E-state index in [4.69, 9.17) is 19.8 Å². The first-order valence-corrected chi connectivity index (χ1v) is 13.7. The zero-order chi connectivity index (χ0) is 31.7. The average Bonchev–Trinajstić information content (AvgIpc) is 3.33. The quantitative estimate of drug-likeness (QED) is 0.418. The van der Waals surface area contributed by atoms with Gasteiger partial charge < -0.3 is 15.5 Å². The summed E-state index contributed by atoms with van der Waals surface area (Å²) in [6.07, 6.45) is -4.63. The third-order valence-corrected chi connectivity index (χ3v) is 8.43. The molecule has 4 rings (SSSR count). The topological polar surface area (TPSA) is 167 Å². The van der Waals surface area contributed by atoms with Gasteiger partial charge in [-0.05, 0) is 30.2 Å². The van der Waals surface area contributed by atoms with E-state index in [9.17, 15) is 39.6 Å². The fourth-order valence-corrected chi connectivity index (χ4v) is 6.43. The van der Waals surface area contributed by atoms with Crippen LogP contribution in [0.4, 0.5) is 26.3 Å². The number of aliphatic carboxylic acids is 2. The van der Waals surface area contributed by atoms with Crippen molar-refractivity contribution in [1.82, 2.24) is 20.2 Å². The monoisotopic (exact) mass is 628 g/mol. The molecule has 42 heavy (non-hydrogen) atoms. The van der Waals surface area contributed by atoms with E-state index in [0.717, 1.165) is 11.3 Å². The molecule has 0 radical (unpaired) electrons. The normalized spacial score (nSPS) is 21.4. The highest BCUT2D eigenvalue weighted by atomic mass is 32.2. The van der Waals surface area contributed by atoms with Crippen LogP contribution in [0.25, 0.3) is 0 Å². The summed E-state index contributed by atoms with van der Waals surface area (Å²) in [6, 6.07) is 9.47. The van der Waals surface area contributed by atoms with Gasteiger partial charge >= 0.3 is 24.3 Å². The van der Waals surface area contributed by atoms with Crippen molar-refractivity contribution in [2.24, 2.45) is 11.8 Å². The molecular weight excluding hydrogens is 602 g/mol. The molecule has 2 aromatic rings. The van der Waals surface area contributed by atoms with Crippen LogP contribution in [0.15, 0.2) is 48.9 Å². The molecule has 2 aliphatic rings. The molecule has 11 nitrogen and oxygen atoms in total. The van der Waals surface area contributed by atoms with E-state index in [-0.39, 0.29) is 23.5 Å². The summed E-state index contributed by atoms with van der Waals surface area (Å²) in [5.41, 5.74) is 1.84. The Morgan fingerprint density at radius 3 is 2.07 bits per heavy atom. The largest absolute Gasteiger partial charge is 0.490 e. The minimum absolute atomic E-state index is 0.0616. The van der Waals surface area contributed by atoms with E-state index in [1.807, 2.05) is 30.3 Å². The highest BCUT2D eigenvalue weighted by Crippen LogP contribution is 2.37. The van der Waals surface area contributed by atoms with Gasteiger partial charge in [0.15, 0.2) is 9.84 Å². The summed E-state index contributed by atoms with van der Waals surface area (Å²) in [4.78, 5) is 41.1. The molecule has 2 aliphatic heterocycles. The minimum atomic E-state index is -5.08. The van der Waals surface area contributed by atoms with Crippen LogP contribution in [0.1, 0.15) is 17.7 Å². The molecule has 0 spiro atoms. The van der Waals surface area contributed by atoms with Gasteiger partial charge in [0.1, 0.15) is 0 Å². The van der Waals surface area contributed by atoms with E-state index >= 15 is 0 Å². The van der Waals surface area contributed by atoms with Crippen LogP contribution in [-0.2, 0) is 37.3 Å². The van der Waals surface area contributed by atoms with Crippen molar-refractivity contribution >= 4 is 27.7 Å². The highest BCUT2D eigenvalue weighted by Gasteiger charge is 2.50. The van der Waals surface area contributed by atoms with Crippen molar-refractivity contribution in [2.45, 2.75) is 37.1 Å². The molecule has 0 saturated carbocycles. The Labute approximate surface area is 235 Å². The van der Waals surface area contributed by atoms with E-state index < -0.39 is 39.4 Å². The predicted octanol–water partition coefficient (Wildman–Crippen LogP) is 2.29. The van der Waals surface area contributed by atoms with E-state index in [0.29, 0.717) is 32.6 Å². The number of aromatic nitrogens is 2. The maximum Gasteiger partial charge on any atom is 0.490 e. The Morgan fingerprint density at radius 2 is 1.57 bits per heavy atom. The maximum atomic E-state index is 12.8. The summed E-state index contributed by atoms with van der Waals surface area (Å²) >= 11 is 0. The smallest absolute Gasteiger partial charge is 0.475 e. The number of sulfone groups is 1. The molecule has 0 unspecified atom stereocenters. The van der Waals surface area contributed by atoms with Gasteiger partial charge in [0.05, 0.1) is 16.7 Å². The van der Waals surface area contributed by atoms with Gasteiger partial charge in [0.2, 0.25) is 5.91 Å². The van der Waals surface area contributed by atoms with Crippen molar-refractivity contribution in [2.75, 3.05) is 18.8 Å². The van der Waals surface area contributed by atoms with Crippen LogP contribution in [0, 0.1) is 11.8 Å². The summed E-state index contributed by atoms with van der Waals surface area (Å²) in [7, 11) is -3.17. The molecule has 3 atom stereocenters. The molecule has 4 heterocycles. The lowest BCUT2D eigenvalue weighted by atomic mass is 9.87. The Kier molecular flexibility index (Phi) is 11.8. The number of pyridine rings is 2. The van der Waals surface area contributed by atoms with Crippen LogP contribution in [0.3, 0.4) is 0 Å². The number of carbonyl (C=O) groups excluding carboxylic acids is 1. The van der Waals surface area contributed by atoms with Crippen molar-refractivity contribution in [1.29, 1.82) is 0 Å². The number of hydrogen-bond acceptors (Lipinski definition) is 8. The summed E-state index contributed by atoms with van der Waals surface area (Å²) in [5.74, 6) is -5.94. The Bertz CT molecular complexity index is 1290. The summed E-state index contributed by atoms with van der Waals surface area (Å²) < 4.78 is 88.7. The molecule has 1 amide bonds. The number of nitrogens with zero attached hydrogens (tertiary/aromatic N) is 3. The molecule has 2 fully saturated rings. The van der Waals surface area contributed by atoms with Crippen molar-refractivity contribution in [3.8, 4) is 0 Å². The highest BCUT2D eigenvalue weighted by molar-refractivity contribution is 7.92. The van der Waals surface area contributed by atoms with Gasteiger partial charge in [-0.15, -0.1) is 0 Å². The fourth-order valence-electron chi connectivity index (χ4n) is 4.30. The van der Waals surface area contributed by atoms with Gasteiger partial charge in [-0.1, -0.05) is 12.1 Å². The fraction of sp³-hybridized carbons (Fsp3) is 0.458. The second-order valence-electron chi connectivity index (χ2n) is 9.16. The molecule has 18 heteroatoms. The zero-order valence-corrected chi connectivity index (χ0v) is 22.4. The van der Waals surface area contributed by atoms with Gasteiger partial charge in [-0.2, -0.15) is 26.3 Å². The number of hydrogen-bond donors (Lipinski definition) is 3. The molecule has 0 aromatic carbocycles. The summed E-state index contributed by atoms with van der Waals surface area (Å²) in [6.45, 7) is 2.08. The SMILES string of the molecule is O=C(NCc1cccnc1)[C@@H]1CCS(=O)(=O)[C@@H]2CN(Cc3ccccn3)C[C@@H]21.O=C(O)C(F)(F)F.O=C(O)C(F)(F)F.